The largest absolute Gasteiger partial charge is 0.491 e. The van der Waals surface area contributed by atoms with Crippen molar-refractivity contribution in [3.05, 3.63) is 70.3 Å². The Labute approximate surface area is 177 Å². The van der Waals surface area contributed by atoms with Crippen LogP contribution in [0.3, 0.4) is 0 Å². The SMILES string of the molecule is CCNC(=NCC(O)COc1ccc([N+](=O)[O-])cc1)NC(C)CCc1ccccc1. The lowest BCUT2D eigenvalue weighted by Crippen LogP contribution is -2.43. The van der Waals surface area contributed by atoms with E-state index in [1.165, 1.54) is 29.8 Å². The Balaban J connectivity index is 1.78. The molecule has 2 atom stereocenters. The molecular weight excluding hydrogens is 384 g/mol. The number of nitrogens with zero attached hydrogens (tertiary/aromatic N) is 2. The molecule has 0 aliphatic rings. The van der Waals surface area contributed by atoms with Gasteiger partial charge < -0.3 is 20.5 Å². The van der Waals surface area contributed by atoms with Crippen LogP contribution in [0.4, 0.5) is 5.69 Å². The van der Waals surface area contributed by atoms with E-state index in [1.807, 2.05) is 25.1 Å². The molecule has 0 radical (unpaired) electrons. The highest BCUT2D eigenvalue weighted by atomic mass is 16.6. The van der Waals surface area contributed by atoms with Crippen molar-refractivity contribution >= 4 is 11.6 Å². The molecule has 30 heavy (non-hydrogen) atoms. The van der Waals surface area contributed by atoms with Crippen molar-refractivity contribution in [1.82, 2.24) is 10.6 Å². The van der Waals surface area contributed by atoms with Crippen LogP contribution in [0, 0.1) is 10.1 Å². The normalized spacial score (nSPS) is 13.4. The van der Waals surface area contributed by atoms with Crippen LogP contribution < -0.4 is 15.4 Å². The van der Waals surface area contributed by atoms with Gasteiger partial charge in [0.25, 0.3) is 5.69 Å². The minimum atomic E-state index is -0.796. The molecule has 0 bridgehead atoms. The molecule has 0 aliphatic carbocycles. The predicted molar refractivity (Wildman–Crippen MR) is 118 cm³/mol. The van der Waals surface area contributed by atoms with Crippen LogP contribution in [-0.4, -0.2) is 47.8 Å². The summed E-state index contributed by atoms with van der Waals surface area (Å²) in [6.45, 7) is 5.02. The zero-order chi connectivity index (χ0) is 21.8. The number of nitro benzene ring substituents is 1. The van der Waals surface area contributed by atoms with Crippen LogP contribution in [0.1, 0.15) is 25.8 Å². The molecule has 2 aromatic carbocycles. The first kappa shape index (κ1) is 23.2. The predicted octanol–water partition coefficient (Wildman–Crippen LogP) is 2.91. The van der Waals surface area contributed by atoms with E-state index in [0.717, 1.165) is 12.8 Å². The maximum Gasteiger partial charge on any atom is 0.269 e. The third-order valence-corrected chi connectivity index (χ3v) is 4.39. The summed E-state index contributed by atoms with van der Waals surface area (Å²) in [5.41, 5.74) is 1.29. The zero-order valence-electron chi connectivity index (χ0n) is 17.5. The van der Waals surface area contributed by atoms with Gasteiger partial charge in [0.15, 0.2) is 5.96 Å². The number of hydrogen-bond acceptors (Lipinski definition) is 5. The highest BCUT2D eigenvalue weighted by Crippen LogP contribution is 2.17. The number of non-ortho nitro benzene ring substituents is 1. The van der Waals surface area contributed by atoms with Crippen molar-refractivity contribution in [2.75, 3.05) is 19.7 Å². The molecule has 2 unspecified atom stereocenters. The van der Waals surface area contributed by atoms with Gasteiger partial charge in [-0.1, -0.05) is 30.3 Å². The average molecular weight is 415 g/mol. The number of ether oxygens (including phenoxy) is 1. The molecule has 0 aromatic heterocycles. The Morgan fingerprint density at radius 3 is 2.53 bits per heavy atom. The van der Waals surface area contributed by atoms with Crippen LogP contribution in [0.5, 0.6) is 5.75 Å². The zero-order valence-corrected chi connectivity index (χ0v) is 17.5. The second kappa shape index (κ2) is 12.4. The Bertz CT molecular complexity index is 797. The second-order valence-electron chi connectivity index (χ2n) is 7.01. The van der Waals surface area contributed by atoms with Crippen molar-refractivity contribution in [2.24, 2.45) is 4.99 Å². The van der Waals surface area contributed by atoms with E-state index in [0.29, 0.717) is 18.3 Å². The highest BCUT2D eigenvalue weighted by molar-refractivity contribution is 5.80. The fourth-order valence-corrected chi connectivity index (χ4v) is 2.76. The lowest BCUT2D eigenvalue weighted by atomic mass is 10.1. The number of benzene rings is 2. The van der Waals surface area contributed by atoms with E-state index in [-0.39, 0.29) is 24.9 Å². The Kier molecular flexibility index (Phi) is 9.60. The van der Waals surface area contributed by atoms with E-state index in [9.17, 15) is 15.2 Å². The maximum atomic E-state index is 10.7. The van der Waals surface area contributed by atoms with Gasteiger partial charge in [-0.15, -0.1) is 0 Å². The van der Waals surface area contributed by atoms with Gasteiger partial charge in [-0.3, -0.25) is 15.1 Å². The molecule has 0 heterocycles. The van der Waals surface area contributed by atoms with Gasteiger partial charge in [-0.25, -0.2) is 0 Å². The third kappa shape index (κ3) is 8.48. The van der Waals surface area contributed by atoms with E-state index < -0.39 is 11.0 Å². The number of nitro groups is 1. The molecule has 2 rings (SSSR count). The summed E-state index contributed by atoms with van der Waals surface area (Å²) >= 11 is 0. The molecule has 2 aromatic rings. The summed E-state index contributed by atoms with van der Waals surface area (Å²) in [5, 5.41) is 27.4. The summed E-state index contributed by atoms with van der Waals surface area (Å²) in [5.74, 6) is 1.11. The lowest BCUT2D eigenvalue weighted by molar-refractivity contribution is -0.384. The van der Waals surface area contributed by atoms with Crippen LogP contribution in [0.2, 0.25) is 0 Å². The first-order valence-electron chi connectivity index (χ1n) is 10.1. The molecule has 0 amide bonds. The van der Waals surface area contributed by atoms with Gasteiger partial charge in [-0.05, 0) is 44.4 Å². The molecular formula is C22H30N4O4. The minimum absolute atomic E-state index is 0.00441. The summed E-state index contributed by atoms with van der Waals surface area (Å²) in [7, 11) is 0. The molecule has 3 N–H and O–H groups in total. The molecule has 8 heteroatoms. The van der Waals surface area contributed by atoms with Gasteiger partial charge in [0.2, 0.25) is 0 Å². The first-order valence-corrected chi connectivity index (χ1v) is 10.1. The molecule has 0 saturated heterocycles. The molecule has 0 aliphatic heterocycles. The Morgan fingerprint density at radius 1 is 1.20 bits per heavy atom. The standard InChI is InChI=1S/C22H30N4O4/c1-3-23-22(25-17(2)9-10-18-7-5-4-6-8-18)24-15-20(27)16-30-21-13-11-19(12-14-21)26(28)29/h4-8,11-14,17,20,27H,3,9-10,15-16H2,1-2H3,(H2,23,24,25). The smallest absolute Gasteiger partial charge is 0.269 e. The minimum Gasteiger partial charge on any atom is -0.491 e. The summed E-state index contributed by atoms with van der Waals surface area (Å²) in [6, 6.07) is 16.3. The Hall–Kier alpha value is -3.13. The van der Waals surface area contributed by atoms with E-state index in [2.05, 4.69) is 34.7 Å². The second-order valence-corrected chi connectivity index (χ2v) is 7.01. The first-order chi connectivity index (χ1) is 14.5. The molecule has 0 spiro atoms. The molecule has 0 fully saturated rings. The third-order valence-electron chi connectivity index (χ3n) is 4.39. The van der Waals surface area contributed by atoms with Crippen LogP contribution in [0.25, 0.3) is 0 Å². The quantitative estimate of drug-likeness (QED) is 0.226. The fourth-order valence-electron chi connectivity index (χ4n) is 2.76. The van der Waals surface area contributed by atoms with Crippen molar-refractivity contribution < 1.29 is 14.8 Å². The Morgan fingerprint density at radius 2 is 1.90 bits per heavy atom. The van der Waals surface area contributed by atoms with E-state index in [4.69, 9.17) is 4.74 Å². The number of hydrogen-bond donors (Lipinski definition) is 3. The number of guanidine groups is 1. The topological polar surface area (TPSA) is 109 Å². The number of rotatable bonds is 11. The maximum absolute atomic E-state index is 10.7. The molecule has 0 saturated carbocycles. The number of aliphatic hydroxyl groups is 1. The summed E-state index contributed by atoms with van der Waals surface area (Å²) in [4.78, 5) is 14.6. The number of aryl methyl sites for hydroxylation is 1. The monoisotopic (exact) mass is 414 g/mol. The number of nitrogens with one attached hydrogen (secondary N) is 2. The summed E-state index contributed by atoms with van der Waals surface area (Å²) in [6.07, 6.45) is 1.13. The van der Waals surface area contributed by atoms with E-state index >= 15 is 0 Å². The van der Waals surface area contributed by atoms with Gasteiger partial charge in [-0.2, -0.15) is 0 Å². The van der Waals surface area contributed by atoms with Crippen LogP contribution >= 0.6 is 0 Å². The van der Waals surface area contributed by atoms with Gasteiger partial charge in [0.05, 0.1) is 11.5 Å². The van der Waals surface area contributed by atoms with Crippen molar-refractivity contribution in [3.8, 4) is 5.75 Å². The van der Waals surface area contributed by atoms with Crippen molar-refractivity contribution in [1.29, 1.82) is 0 Å². The molecule has 162 valence electrons. The van der Waals surface area contributed by atoms with Crippen molar-refractivity contribution in [2.45, 2.75) is 38.8 Å². The average Bonchev–Trinajstić information content (AvgIpc) is 2.75. The van der Waals surface area contributed by atoms with Crippen LogP contribution in [-0.2, 0) is 6.42 Å². The van der Waals surface area contributed by atoms with Crippen molar-refractivity contribution in [3.63, 3.8) is 0 Å². The fraction of sp³-hybridized carbons (Fsp3) is 0.409. The molecule has 8 nitrogen and oxygen atoms in total. The van der Waals surface area contributed by atoms with Gasteiger partial charge in [0, 0.05) is 24.7 Å². The van der Waals surface area contributed by atoms with Gasteiger partial charge >= 0.3 is 0 Å². The summed E-state index contributed by atoms with van der Waals surface area (Å²) < 4.78 is 5.48. The highest BCUT2D eigenvalue weighted by Gasteiger charge is 2.10. The van der Waals surface area contributed by atoms with Gasteiger partial charge in [0.1, 0.15) is 18.5 Å². The van der Waals surface area contributed by atoms with Crippen LogP contribution in [0.15, 0.2) is 59.6 Å². The van der Waals surface area contributed by atoms with E-state index in [1.54, 1.807) is 0 Å². The lowest BCUT2D eigenvalue weighted by Gasteiger charge is -2.18. The number of aliphatic imine (C=N–C) groups is 1. The number of aliphatic hydroxyl groups excluding tert-OH is 1.